The Labute approximate surface area is 129 Å². The van der Waals surface area contributed by atoms with Gasteiger partial charge in [0.1, 0.15) is 17.5 Å². The van der Waals surface area contributed by atoms with Crippen LogP contribution in [-0.4, -0.2) is 22.6 Å². The predicted molar refractivity (Wildman–Crippen MR) is 90.0 cm³/mol. The lowest BCUT2D eigenvalue weighted by atomic mass is 9.96. The molecule has 1 aliphatic carbocycles. The highest BCUT2D eigenvalue weighted by atomic mass is 15.1. The van der Waals surface area contributed by atoms with Crippen LogP contribution in [0.5, 0.6) is 0 Å². The molecule has 2 rings (SSSR count). The third-order valence-electron chi connectivity index (χ3n) is 3.96. The second-order valence-electron chi connectivity index (χ2n) is 7.08. The molecule has 0 unspecified atom stereocenters. The Bertz CT molecular complexity index is 443. The van der Waals surface area contributed by atoms with Gasteiger partial charge in [0.05, 0.1) is 0 Å². The van der Waals surface area contributed by atoms with Crippen molar-refractivity contribution in [3.8, 4) is 0 Å². The summed E-state index contributed by atoms with van der Waals surface area (Å²) in [6.45, 7) is 9.45. The van der Waals surface area contributed by atoms with Gasteiger partial charge in [-0.1, -0.05) is 46.5 Å². The summed E-state index contributed by atoms with van der Waals surface area (Å²) >= 11 is 0. The Morgan fingerprint density at radius 2 is 1.67 bits per heavy atom. The molecule has 1 aromatic heterocycles. The summed E-state index contributed by atoms with van der Waals surface area (Å²) in [6.07, 6.45) is 7.91. The smallest absolute Gasteiger partial charge is 0.138 e. The zero-order chi connectivity index (χ0) is 15.3. The van der Waals surface area contributed by atoms with E-state index in [1.807, 2.05) is 6.07 Å². The van der Waals surface area contributed by atoms with Crippen molar-refractivity contribution >= 4 is 11.6 Å². The Morgan fingerprint density at radius 1 is 1.05 bits per heavy atom. The molecule has 0 saturated heterocycles. The van der Waals surface area contributed by atoms with Crippen LogP contribution in [0, 0.1) is 0 Å². The van der Waals surface area contributed by atoms with Crippen LogP contribution in [0.4, 0.5) is 11.6 Å². The lowest BCUT2D eigenvalue weighted by molar-refractivity contribution is 0.544. The summed E-state index contributed by atoms with van der Waals surface area (Å²) in [7, 11) is 0. The van der Waals surface area contributed by atoms with Crippen molar-refractivity contribution in [1.82, 2.24) is 9.97 Å². The van der Waals surface area contributed by atoms with E-state index in [1.54, 1.807) is 0 Å². The van der Waals surface area contributed by atoms with Crippen LogP contribution in [0.15, 0.2) is 6.07 Å². The summed E-state index contributed by atoms with van der Waals surface area (Å²) in [5.74, 6) is 2.79. The molecule has 4 heteroatoms. The van der Waals surface area contributed by atoms with Gasteiger partial charge in [-0.05, 0) is 19.8 Å². The Kier molecular flexibility index (Phi) is 5.43. The molecule has 0 spiro atoms. The summed E-state index contributed by atoms with van der Waals surface area (Å²) in [6, 6.07) is 2.61. The number of rotatable bonds is 4. The van der Waals surface area contributed by atoms with Crippen LogP contribution < -0.4 is 10.6 Å². The maximum atomic E-state index is 4.75. The number of hydrogen-bond donors (Lipinski definition) is 2. The van der Waals surface area contributed by atoms with E-state index >= 15 is 0 Å². The van der Waals surface area contributed by atoms with Gasteiger partial charge in [0.2, 0.25) is 0 Å². The lowest BCUT2D eigenvalue weighted by Gasteiger charge is -2.22. The van der Waals surface area contributed by atoms with Crippen LogP contribution in [0.1, 0.15) is 72.0 Å². The second-order valence-corrected chi connectivity index (χ2v) is 7.08. The van der Waals surface area contributed by atoms with Gasteiger partial charge < -0.3 is 10.6 Å². The minimum atomic E-state index is -0.0364. The topological polar surface area (TPSA) is 49.8 Å². The van der Waals surface area contributed by atoms with Gasteiger partial charge in [-0.3, -0.25) is 0 Å². The number of hydrogen-bond acceptors (Lipinski definition) is 4. The van der Waals surface area contributed by atoms with Crippen molar-refractivity contribution in [2.24, 2.45) is 0 Å². The monoisotopic (exact) mass is 290 g/mol. The van der Waals surface area contributed by atoms with Crippen molar-refractivity contribution in [2.45, 2.75) is 77.7 Å². The minimum Gasteiger partial charge on any atom is -0.370 e. The molecule has 4 nitrogen and oxygen atoms in total. The highest BCUT2D eigenvalue weighted by Crippen LogP contribution is 2.25. The first-order valence-corrected chi connectivity index (χ1v) is 8.39. The van der Waals surface area contributed by atoms with Gasteiger partial charge in [-0.2, -0.15) is 0 Å². The van der Waals surface area contributed by atoms with Crippen molar-refractivity contribution in [3.63, 3.8) is 0 Å². The molecule has 0 bridgehead atoms. The van der Waals surface area contributed by atoms with Crippen LogP contribution in [0.3, 0.4) is 0 Å². The Balaban J connectivity index is 2.18. The molecule has 21 heavy (non-hydrogen) atoms. The van der Waals surface area contributed by atoms with Crippen LogP contribution in [0.2, 0.25) is 0 Å². The Morgan fingerprint density at radius 3 is 2.24 bits per heavy atom. The van der Waals surface area contributed by atoms with Crippen LogP contribution >= 0.6 is 0 Å². The van der Waals surface area contributed by atoms with Crippen molar-refractivity contribution < 1.29 is 0 Å². The molecule has 0 atom stereocenters. The molecule has 2 N–H and O–H groups in total. The van der Waals surface area contributed by atoms with E-state index in [-0.39, 0.29) is 5.41 Å². The summed E-state index contributed by atoms with van der Waals surface area (Å²) < 4.78 is 0. The molecule has 0 aliphatic heterocycles. The fourth-order valence-electron chi connectivity index (χ4n) is 2.76. The predicted octanol–water partition coefficient (Wildman–Crippen LogP) is 4.34. The highest BCUT2D eigenvalue weighted by Gasteiger charge is 2.20. The van der Waals surface area contributed by atoms with Gasteiger partial charge in [-0.15, -0.1) is 0 Å². The molecule has 1 aromatic rings. The van der Waals surface area contributed by atoms with E-state index < -0.39 is 0 Å². The molecule has 118 valence electrons. The fourth-order valence-corrected chi connectivity index (χ4v) is 2.76. The zero-order valence-electron chi connectivity index (χ0n) is 14.0. The molecular formula is C17H30N4. The average Bonchev–Trinajstić information content (AvgIpc) is 2.66. The van der Waals surface area contributed by atoms with Crippen molar-refractivity contribution in [2.75, 3.05) is 17.2 Å². The van der Waals surface area contributed by atoms with Gasteiger partial charge >= 0.3 is 0 Å². The molecule has 1 saturated carbocycles. The molecule has 1 fully saturated rings. The molecule has 0 aromatic carbocycles. The van der Waals surface area contributed by atoms with Gasteiger partial charge in [-0.25, -0.2) is 9.97 Å². The molecule has 1 heterocycles. The summed E-state index contributed by atoms with van der Waals surface area (Å²) in [5, 5.41) is 6.96. The minimum absolute atomic E-state index is 0.0364. The molecular weight excluding hydrogens is 260 g/mol. The molecule has 0 amide bonds. The van der Waals surface area contributed by atoms with Gasteiger partial charge in [0.15, 0.2) is 0 Å². The van der Waals surface area contributed by atoms with E-state index in [9.17, 15) is 0 Å². The maximum absolute atomic E-state index is 4.75. The largest absolute Gasteiger partial charge is 0.370 e. The van der Waals surface area contributed by atoms with E-state index in [4.69, 9.17) is 4.98 Å². The first-order chi connectivity index (χ1) is 9.99. The average molecular weight is 290 g/mol. The van der Waals surface area contributed by atoms with E-state index in [2.05, 4.69) is 43.3 Å². The first-order valence-electron chi connectivity index (χ1n) is 8.39. The number of nitrogens with zero attached hydrogens (tertiary/aromatic N) is 2. The highest BCUT2D eigenvalue weighted by molar-refractivity contribution is 5.48. The number of nitrogens with one attached hydrogen (secondary N) is 2. The third-order valence-corrected chi connectivity index (χ3v) is 3.96. The van der Waals surface area contributed by atoms with Crippen molar-refractivity contribution in [3.05, 3.63) is 11.9 Å². The maximum Gasteiger partial charge on any atom is 0.138 e. The standard InChI is InChI=1S/C17H30N4/c1-5-18-14-12-15(21-16(20-14)17(2,3)4)19-13-10-8-6-7-9-11-13/h12-13H,5-11H2,1-4H3,(H2,18,19,20,21). The van der Waals surface area contributed by atoms with E-state index in [0.717, 1.165) is 24.0 Å². The number of aromatic nitrogens is 2. The quantitative estimate of drug-likeness (QED) is 0.810. The Hall–Kier alpha value is -1.32. The fraction of sp³-hybridized carbons (Fsp3) is 0.765. The molecule has 1 aliphatic rings. The zero-order valence-corrected chi connectivity index (χ0v) is 14.0. The van der Waals surface area contributed by atoms with E-state index in [0.29, 0.717) is 6.04 Å². The molecule has 0 radical (unpaired) electrons. The van der Waals surface area contributed by atoms with E-state index in [1.165, 1.54) is 38.5 Å². The normalized spacial score (nSPS) is 17.3. The van der Waals surface area contributed by atoms with Gasteiger partial charge in [0.25, 0.3) is 0 Å². The number of anilines is 2. The first kappa shape index (κ1) is 16.1. The van der Waals surface area contributed by atoms with Crippen LogP contribution in [0.25, 0.3) is 0 Å². The van der Waals surface area contributed by atoms with Gasteiger partial charge in [0, 0.05) is 24.1 Å². The lowest BCUT2D eigenvalue weighted by Crippen LogP contribution is -2.22. The third kappa shape index (κ3) is 4.87. The summed E-state index contributed by atoms with van der Waals surface area (Å²) in [5.41, 5.74) is -0.0364. The summed E-state index contributed by atoms with van der Waals surface area (Å²) in [4.78, 5) is 9.39. The SMILES string of the molecule is CCNc1cc(NC2CCCCCC2)nc(C(C)(C)C)n1. The van der Waals surface area contributed by atoms with Crippen LogP contribution in [-0.2, 0) is 5.41 Å². The second kappa shape index (κ2) is 7.10. The van der Waals surface area contributed by atoms with Crippen molar-refractivity contribution in [1.29, 1.82) is 0 Å².